The van der Waals surface area contributed by atoms with E-state index in [2.05, 4.69) is 19.8 Å². The molecule has 0 saturated carbocycles. The molecule has 4 N–H and O–H groups in total. The quantitative estimate of drug-likeness (QED) is 0.567. The SMILES string of the molecule is NC(=O)COc1cccc(CN=C(N)N2CCN(c3nccs3)CC2)c1. The number of ether oxygens (including phenoxy) is 1. The van der Waals surface area contributed by atoms with Crippen LogP contribution in [0.25, 0.3) is 0 Å². The molecule has 0 bridgehead atoms. The summed E-state index contributed by atoms with van der Waals surface area (Å²) >= 11 is 1.65. The van der Waals surface area contributed by atoms with E-state index in [-0.39, 0.29) is 6.61 Å². The molecule has 1 aromatic heterocycles. The van der Waals surface area contributed by atoms with Crippen LogP contribution in [0, 0.1) is 0 Å². The van der Waals surface area contributed by atoms with Gasteiger partial charge in [-0.3, -0.25) is 4.79 Å². The number of guanidine groups is 1. The van der Waals surface area contributed by atoms with Gasteiger partial charge in [-0.2, -0.15) is 0 Å². The van der Waals surface area contributed by atoms with Crippen molar-refractivity contribution in [1.29, 1.82) is 0 Å². The lowest BCUT2D eigenvalue weighted by molar-refractivity contribution is -0.119. The summed E-state index contributed by atoms with van der Waals surface area (Å²) in [5.74, 6) is 0.619. The zero-order valence-electron chi connectivity index (χ0n) is 14.4. The van der Waals surface area contributed by atoms with Crippen molar-refractivity contribution in [3.63, 3.8) is 0 Å². The molecule has 2 aromatic rings. The maximum Gasteiger partial charge on any atom is 0.255 e. The van der Waals surface area contributed by atoms with E-state index in [9.17, 15) is 4.79 Å². The third-order valence-electron chi connectivity index (χ3n) is 4.00. The first-order valence-electron chi connectivity index (χ1n) is 8.31. The number of aliphatic imine (C=N–C) groups is 1. The lowest BCUT2D eigenvalue weighted by Crippen LogP contribution is -2.51. The van der Waals surface area contributed by atoms with Crippen molar-refractivity contribution in [2.24, 2.45) is 16.5 Å². The van der Waals surface area contributed by atoms with Crippen LogP contribution in [0.2, 0.25) is 0 Å². The summed E-state index contributed by atoms with van der Waals surface area (Å²) in [5, 5.41) is 3.03. The normalized spacial score (nSPS) is 15.2. The number of hydrogen-bond donors (Lipinski definition) is 2. The van der Waals surface area contributed by atoms with Gasteiger partial charge in [-0.25, -0.2) is 9.98 Å². The highest BCUT2D eigenvalue weighted by atomic mass is 32.1. The fourth-order valence-corrected chi connectivity index (χ4v) is 3.36. The Bertz CT molecular complexity index is 756. The van der Waals surface area contributed by atoms with E-state index in [0.717, 1.165) is 36.9 Å². The second-order valence-corrected chi connectivity index (χ2v) is 6.74. The molecule has 138 valence electrons. The molecule has 3 rings (SSSR count). The number of hydrogen-bond acceptors (Lipinski definition) is 6. The first kappa shape index (κ1) is 18.0. The van der Waals surface area contributed by atoms with Crippen LogP contribution >= 0.6 is 11.3 Å². The Balaban J connectivity index is 1.52. The Morgan fingerprint density at radius 2 is 2.08 bits per heavy atom. The van der Waals surface area contributed by atoms with Gasteiger partial charge in [0, 0.05) is 37.8 Å². The van der Waals surface area contributed by atoms with Crippen LogP contribution in [0.4, 0.5) is 5.13 Å². The molecule has 0 aliphatic carbocycles. The highest BCUT2D eigenvalue weighted by molar-refractivity contribution is 7.13. The zero-order chi connectivity index (χ0) is 18.4. The number of anilines is 1. The van der Waals surface area contributed by atoms with Crippen molar-refractivity contribution in [3.05, 3.63) is 41.4 Å². The van der Waals surface area contributed by atoms with Gasteiger partial charge >= 0.3 is 0 Å². The summed E-state index contributed by atoms with van der Waals surface area (Å²) in [7, 11) is 0. The largest absolute Gasteiger partial charge is 0.484 e. The standard InChI is InChI=1S/C17H22N6O2S/c18-15(24)12-25-14-3-1-2-13(10-14)11-21-16(19)22-5-7-23(8-6-22)17-20-4-9-26-17/h1-4,9-10H,5-8,11-12H2,(H2,18,24)(H2,19,21). The molecule has 0 unspecified atom stereocenters. The van der Waals surface area contributed by atoms with Crippen molar-refractivity contribution in [1.82, 2.24) is 9.88 Å². The van der Waals surface area contributed by atoms with E-state index in [1.165, 1.54) is 0 Å². The maximum atomic E-state index is 10.8. The molecule has 0 spiro atoms. The van der Waals surface area contributed by atoms with Gasteiger partial charge in [0.2, 0.25) is 0 Å². The van der Waals surface area contributed by atoms with E-state index in [4.69, 9.17) is 16.2 Å². The van der Waals surface area contributed by atoms with Crippen LogP contribution < -0.4 is 21.1 Å². The number of rotatable bonds is 6. The Labute approximate surface area is 156 Å². The van der Waals surface area contributed by atoms with E-state index < -0.39 is 5.91 Å². The molecule has 1 aliphatic rings. The Kier molecular flexibility index (Phi) is 5.90. The maximum absolute atomic E-state index is 10.8. The zero-order valence-corrected chi connectivity index (χ0v) is 15.2. The van der Waals surface area contributed by atoms with E-state index in [0.29, 0.717) is 18.3 Å². The average molecular weight is 374 g/mol. The van der Waals surface area contributed by atoms with Gasteiger partial charge in [0.15, 0.2) is 17.7 Å². The minimum absolute atomic E-state index is 0.141. The minimum Gasteiger partial charge on any atom is -0.484 e. The third kappa shape index (κ3) is 4.85. The summed E-state index contributed by atoms with van der Waals surface area (Å²) in [6, 6.07) is 7.40. The monoisotopic (exact) mass is 374 g/mol. The van der Waals surface area contributed by atoms with Gasteiger partial charge in [0.25, 0.3) is 5.91 Å². The predicted molar refractivity (Wildman–Crippen MR) is 102 cm³/mol. The van der Waals surface area contributed by atoms with Gasteiger partial charge in [0.05, 0.1) is 6.54 Å². The second-order valence-electron chi connectivity index (χ2n) is 5.87. The Hall–Kier alpha value is -2.81. The number of thiazole rings is 1. The Morgan fingerprint density at radius 1 is 1.27 bits per heavy atom. The van der Waals surface area contributed by atoms with Crippen molar-refractivity contribution >= 4 is 28.3 Å². The van der Waals surface area contributed by atoms with Gasteiger partial charge in [-0.05, 0) is 17.7 Å². The lowest BCUT2D eigenvalue weighted by Gasteiger charge is -2.35. The fraction of sp³-hybridized carbons (Fsp3) is 0.353. The summed E-state index contributed by atoms with van der Waals surface area (Å²) in [4.78, 5) is 24.0. The molecule has 1 aliphatic heterocycles. The van der Waals surface area contributed by atoms with Crippen molar-refractivity contribution < 1.29 is 9.53 Å². The molecule has 1 amide bonds. The van der Waals surface area contributed by atoms with Crippen LogP contribution in [0.15, 0.2) is 40.8 Å². The van der Waals surface area contributed by atoms with Crippen LogP contribution in [0.1, 0.15) is 5.56 Å². The summed E-state index contributed by atoms with van der Waals surface area (Å²) in [6.45, 7) is 3.69. The number of nitrogens with two attached hydrogens (primary N) is 2. The van der Waals surface area contributed by atoms with Gasteiger partial charge in [-0.15, -0.1) is 11.3 Å². The van der Waals surface area contributed by atoms with Crippen LogP contribution in [-0.4, -0.2) is 54.5 Å². The number of amides is 1. The number of nitrogens with zero attached hydrogens (tertiary/aromatic N) is 4. The molecule has 8 nitrogen and oxygen atoms in total. The molecule has 1 saturated heterocycles. The highest BCUT2D eigenvalue weighted by Gasteiger charge is 2.19. The Morgan fingerprint density at radius 3 is 2.77 bits per heavy atom. The third-order valence-corrected chi connectivity index (χ3v) is 4.83. The number of carbonyl (C=O) groups excluding carboxylic acids is 1. The number of carbonyl (C=O) groups is 1. The molecule has 2 heterocycles. The molecule has 9 heteroatoms. The summed E-state index contributed by atoms with van der Waals surface area (Å²) < 4.78 is 5.30. The van der Waals surface area contributed by atoms with E-state index in [1.807, 2.05) is 29.8 Å². The lowest BCUT2D eigenvalue weighted by atomic mass is 10.2. The molecule has 1 aromatic carbocycles. The number of piperazine rings is 1. The van der Waals surface area contributed by atoms with Crippen LogP contribution in [0.3, 0.4) is 0 Å². The smallest absolute Gasteiger partial charge is 0.255 e. The first-order chi connectivity index (χ1) is 12.6. The summed E-state index contributed by atoms with van der Waals surface area (Å²) in [5.41, 5.74) is 12.2. The van der Waals surface area contributed by atoms with Crippen molar-refractivity contribution in [2.75, 3.05) is 37.7 Å². The van der Waals surface area contributed by atoms with Crippen molar-refractivity contribution in [3.8, 4) is 5.75 Å². The number of aromatic nitrogens is 1. The first-order valence-corrected chi connectivity index (χ1v) is 9.19. The molecule has 26 heavy (non-hydrogen) atoms. The molecular formula is C17H22N6O2S. The molecular weight excluding hydrogens is 352 g/mol. The van der Waals surface area contributed by atoms with Gasteiger partial charge in [-0.1, -0.05) is 12.1 Å². The van der Waals surface area contributed by atoms with Crippen LogP contribution in [0.5, 0.6) is 5.75 Å². The van der Waals surface area contributed by atoms with Crippen LogP contribution in [-0.2, 0) is 11.3 Å². The average Bonchev–Trinajstić information content (AvgIpc) is 3.20. The number of primary amides is 1. The molecule has 1 fully saturated rings. The van der Waals surface area contributed by atoms with E-state index >= 15 is 0 Å². The second kappa shape index (κ2) is 8.52. The molecule has 0 radical (unpaired) electrons. The van der Waals surface area contributed by atoms with Gasteiger partial charge in [0.1, 0.15) is 5.75 Å². The summed E-state index contributed by atoms with van der Waals surface area (Å²) in [6.07, 6.45) is 1.82. The van der Waals surface area contributed by atoms with Crippen molar-refractivity contribution in [2.45, 2.75) is 6.54 Å². The minimum atomic E-state index is -0.505. The number of benzene rings is 1. The van der Waals surface area contributed by atoms with E-state index in [1.54, 1.807) is 17.4 Å². The highest BCUT2D eigenvalue weighted by Crippen LogP contribution is 2.19. The predicted octanol–water partition coefficient (Wildman–Crippen LogP) is 0.644. The molecule has 0 atom stereocenters. The fourth-order valence-electron chi connectivity index (χ4n) is 2.66. The topological polar surface area (TPSA) is 110 Å². The van der Waals surface area contributed by atoms with Gasteiger partial charge < -0.3 is 26.0 Å².